The first-order valence-electron chi connectivity index (χ1n) is 6.14. The lowest BCUT2D eigenvalue weighted by Gasteiger charge is -2.30. The second-order valence-corrected chi connectivity index (χ2v) is 4.92. The smallest absolute Gasteiger partial charge is 0.165 e. The highest BCUT2D eigenvalue weighted by Gasteiger charge is 2.21. The molecule has 94 valence electrons. The maximum Gasteiger partial charge on any atom is 0.165 e. The highest BCUT2D eigenvalue weighted by molar-refractivity contribution is 5.38. The Morgan fingerprint density at radius 3 is 2.53 bits per heavy atom. The molecule has 0 bridgehead atoms. The van der Waals surface area contributed by atoms with E-state index in [-0.39, 0.29) is 5.82 Å². The van der Waals surface area contributed by atoms with Crippen molar-refractivity contribution in [1.82, 2.24) is 4.90 Å². The van der Waals surface area contributed by atoms with Crippen molar-refractivity contribution in [3.05, 3.63) is 29.1 Å². The predicted octanol–water partition coefficient (Wildman–Crippen LogP) is 2.95. The molecule has 0 aliphatic carbocycles. The summed E-state index contributed by atoms with van der Waals surface area (Å²) >= 11 is 0. The van der Waals surface area contributed by atoms with Gasteiger partial charge >= 0.3 is 0 Å². The molecular weight excluding hydrogens is 217 g/mol. The number of nitrogens with zero attached hydrogens (tertiary/aromatic N) is 1. The highest BCUT2D eigenvalue weighted by Crippen LogP contribution is 2.33. The van der Waals surface area contributed by atoms with Crippen LogP contribution in [0.3, 0.4) is 0 Å². The van der Waals surface area contributed by atoms with E-state index in [1.54, 1.807) is 6.07 Å². The fourth-order valence-corrected chi connectivity index (χ4v) is 2.58. The maximum absolute atomic E-state index is 13.5. The summed E-state index contributed by atoms with van der Waals surface area (Å²) in [5.74, 6) is 0.645. The minimum Gasteiger partial charge on any atom is -0.494 e. The molecule has 1 saturated heterocycles. The SMILES string of the molecule is COc1cc(C2CCN(C)CC2)c(C)cc1F. The van der Waals surface area contributed by atoms with Crippen LogP contribution in [-0.4, -0.2) is 32.1 Å². The van der Waals surface area contributed by atoms with Crippen molar-refractivity contribution in [2.24, 2.45) is 0 Å². The molecule has 0 amide bonds. The van der Waals surface area contributed by atoms with Gasteiger partial charge in [0.05, 0.1) is 7.11 Å². The second kappa shape index (κ2) is 5.05. The Balaban J connectivity index is 2.25. The first-order valence-corrected chi connectivity index (χ1v) is 6.14. The molecule has 0 N–H and O–H groups in total. The van der Waals surface area contributed by atoms with Gasteiger partial charge in [-0.25, -0.2) is 4.39 Å². The van der Waals surface area contributed by atoms with Crippen molar-refractivity contribution >= 4 is 0 Å². The van der Waals surface area contributed by atoms with Crippen molar-refractivity contribution in [3.8, 4) is 5.75 Å². The lowest BCUT2D eigenvalue weighted by Crippen LogP contribution is -2.29. The third-order valence-electron chi connectivity index (χ3n) is 3.70. The van der Waals surface area contributed by atoms with Gasteiger partial charge < -0.3 is 9.64 Å². The van der Waals surface area contributed by atoms with Crippen LogP contribution in [0.1, 0.15) is 29.9 Å². The molecule has 1 aliphatic rings. The standard InChI is InChI=1S/C14H20FNO/c1-10-8-13(15)14(17-3)9-12(10)11-4-6-16(2)7-5-11/h8-9,11H,4-7H2,1-3H3. The zero-order valence-corrected chi connectivity index (χ0v) is 10.8. The van der Waals surface area contributed by atoms with E-state index in [1.165, 1.54) is 12.7 Å². The molecule has 1 aromatic carbocycles. The third kappa shape index (κ3) is 2.60. The van der Waals surface area contributed by atoms with E-state index in [0.717, 1.165) is 31.5 Å². The number of hydrogen-bond donors (Lipinski definition) is 0. The number of likely N-dealkylation sites (tertiary alicyclic amines) is 1. The first kappa shape index (κ1) is 12.4. The molecule has 1 fully saturated rings. The highest BCUT2D eigenvalue weighted by atomic mass is 19.1. The van der Waals surface area contributed by atoms with Crippen LogP contribution < -0.4 is 4.74 Å². The van der Waals surface area contributed by atoms with Gasteiger partial charge in [0.15, 0.2) is 11.6 Å². The van der Waals surface area contributed by atoms with Gasteiger partial charge in [-0.3, -0.25) is 0 Å². The summed E-state index contributed by atoms with van der Waals surface area (Å²) in [6.45, 7) is 4.21. The lowest BCUT2D eigenvalue weighted by molar-refractivity contribution is 0.254. The van der Waals surface area contributed by atoms with Gasteiger partial charge in [0.1, 0.15) is 0 Å². The number of hydrogen-bond acceptors (Lipinski definition) is 2. The quantitative estimate of drug-likeness (QED) is 0.784. The Kier molecular flexibility index (Phi) is 3.67. The molecule has 1 heterocycles. The second-order valence-electron chi connectivity index (χ2n) is 4.92. The van der Waals surface area contributed by atoms with E-state index >= 15 is 0 Å². The number of ether oxygens (including phenoxy) is 1. The summed E-state index contributed by atoms with van der Waals surface area (Å²) in [5.41, 5.74) is 2.29. The van der Waals surface area contributed by atoms with E-state index in [4.69, 9.17) is 4.74 Å². The normalized spacial score (nSPS) is 18.4. The number of aryl methyl sites for hydroxylation is 1. The van der Waals surface area contributed by atoms with E-state index in [9.17, 15) is 4.39 Å². The molecule has 0 atom stereocenters. The zero-order chi connectivity index (χ0) is 12.4. The van der Waals surface area contributed by atoms with Crippen LogP contribution in [0.5, 0.6) is 5.75 Å². The summed E-state index contributed by atoms with van der Waals surface area (Å²) in [7, 11) is 3.67. The minimum absolute atomic E-state index is 0.262. The summed E-state index contributed by atoms with van der Waals surface area (Å²) in [5, 5.41) is 0. The van der Waals surface area contributed by atoms with Gasteiger partial charge in [-0.1, -0.05) is 0 Å². The Hall–Kier alpha value is -1.09. The Labute approximate surface area is 102 Å². The number of piperidine rings is 1. The third-order valence-corrected chi connectivity index (χ3v) is 3.70. The number of rotatable bonds is 2. The summed E-state index contributed by atoms with van der Waals surface area (Å²) < 4.78 is 18.6. The van der Waals surface area contributed by atoms with E-state index in [2.05, 4.69) is 11.9 Å². The summed E-state index contributed by atoms with van der Waals surface area (Å²) in [6.07, 6.45) is 2.29. The van der Waals surface area contributed by atoms with Crippen LogP contribution in [0, 0.1) is 12.7 Å². The van der Waals surface area contributed by atoms with Crippen molar-refractivity contribution in [1.29, 1.82) is 0 Å². The van der Waals surface area contributed by atoms with Crippen LogP contribution in [0.2, 0.25) is 0 Å². The number of benzene rings is 1. The molecule has 0 unspecified atom stereocenters. The topological polar surface area (TPSA) is 12.5 Å². The van der Waals surface area contributed by atoms with Gasteiger partial charge in [-0.15, -0.1) is 0 Å². The van der Waals surface area contributed by atoms with Crippen LogP contribution in [0.15, 0.2) is 12.1 Å². The summed E-state index contributed by atoms with van der Waals surface area (Å²) in [6, 6.07) is 3.47. The van der Waals surface area contributed by atoms with E-state index in [1.807, 2.05) is 13.0 Å². The van der Waals surface area contributed by atoms with Gasteiger partial charge in [0.25, 0.3) is 0 Å². The number of halogens is 1. The predicted molar refractivity (Wildman–Crippen MR) is 67.2 cm³/mol. The molecule has 17 heavy (non-hydrogen) atoms. The fourth-order valence-electron chi connectivity index (χ4n) is 2.58. The maximum atomic E-state index is 13.5. The first-order chi connectivity index (χ1) is 8.11. The molecule has 1 aromatic rings. The Morgan fingerprint density at radius 1 is 1.29 bits per heavy atom. The molecule has 2 nitrogen and oxygen atoms in total. The lowest BCUT2D eigenvalue weighted by atomic mass is 9.87. The van der Waals surface area contributed by atoms with Crippen LogP contribution in [0.25, 0.3) is 0 Å². The minimum atomic E-state index is -0.262. The molecule has 0 saturated carbocycles. The van der Waals surface area contributed by atoms with Crippen molar-refractivity contribution in [2.75, 3.05) is 27.2 Å². The van der Waals surface area contributed by atoms with Crippen LogP contribution in [0.4, 0.5) is 4.39 Å². The Morgan fingerprint density at radius 2 is 1.94 bits per heavy atom. The van der Waals surface area contributed by atoms with Crippen molar-refractivity contribution in [3.63, 3.8) is 0 Å². The zero-order valence-electron chi connectivity index (χ0n) is 10.8. The largest absolute Gasteiger partial charge is 0.494 e. The van der Waals surface area contributed by atoms with Crippen molar-refractivity contribution in [2.45, 2.75) is 25.7 Å². The summed E-state index contributed by atoms with van der Waals surface area (Å²) in [4.78, 5) is 2.34. The van der Waals surface area contributed by atoms with Gasteiger partial charge in [-0.2, -0.15) is 0 Å². The molecular formula is C14H20FNO. The van der Waals surface area contributed by atoms with Crippen molar-refractivity contribution < 1.29 is 9.13 Å². The molecule has 0 radical (unpaired) electrons. The van der Waals surface area contributed by atoms with Gasteiger partial charge in [0.2, 0.25) is 0 Å². The van der Waals surface area contributed by atoms with Gasteiger partial charge in [-0.05, 0) is 69.1 Å². The fraction of sp³-hybridized carbons (Fsp3) is 0.571. The number of methoxy groups -OCH3 is 1. The molecule has 0 aromatic heterocycles. The average molecular weight is 237 g/mol. The van der Waals surface area contributed by atoms with Gasteiger partial charge in [0, 0.05) is 0 Å². The monoisotopic (exact) mass is 237 g/mol. The molecule has 2 rings (SSSR count). The molecule has 1 aliphatic heterocycles. The Bertz CT molecular complexity index is 397. The van der Waals surface area contributed by atoms with Crippen LogP contribution in [-0.2, 0) is 0 Å². The molecule has 3 heteroatoms. The van der Waals surface area contributed by atoms with E-state index in [0.29, 0.717) is 11.7 Å². The van der Waals surface area contributed by atoms with Crippen LogP contribution >= 0.6 is 0 Å². The average Bonchev–Trinajstić information content (AvgIpc) is 2.31. The molecule has 0 spiro atoms. The van der Waals surface area contributed by atoms with E-state index < -0.39 is 0 Å².